The summed E-state index contributed by atoms with van der Waals surface area (Å²) in [6.45, 7) is 1.79. The molecule has 0 aliphatic heterocycles. The second-order valence-electron chi connectivity index (χ2n) is 7.53. The van der Waals surface area contributed by atoms with Crippen LogP contribution in [0.15, 0.2) is 34.9 Å². The highest BCUT2D eigenvalue weighted by Gasteiger charge is 2.43. The zero-order valence-electron chi connectivity index (χ0n) is 16.6. The zero-order chi connectivity index (χ0) is 23.2. The van der Waals surface area contributed by atoms with Crippen molar-refractivity contribution in [1.82, 2.24) is 19.6 Å². The van der Waals surface area contributed by atoms with E-state index in [4.69, 9.17) is 23.2 Å². The van der Waals surface area contributed by atoms with Crippen LogP contribution in [-0.4, -0.2) is 25.5 Å². The number of alkyl halides is 3. The smallest absolute Gasteiger partial charge is 0.307 e. The molecule has 1 aliphatic carbocycles. The van der Waals surface area contributed by atoms with Crippen LogP contribution in [0.1, 0.15) is 48.7 Å². The van der Waals surface area contributed by atoms with Gasteiger partial charge in [0.25, 0.3) is 0 Å². The van der Waals surface area contributed by atoms with Gasteiger partial charge in [0.05, 0.1) is 16.7 Å². The Hall–Kier alpha value is -2.04. The second-order valence-corrected chi connectivity index (χ2v) is 9.14. The summed E-state index contributed by atoms with van der Waals surface area (Å²) in [5.74, 6) is -0.334. The third-order valence-corrected chi connectivity index (χ3v) is 6.63. The molecule has 1 aliphatic rings. The number of amides is 1. The predicted molar refractivity (Wildman–Crippen MR) is 118 cm³/mol. The van der Waals surface area contributed by atoms with Gasteiger partial charge in [-0.25, -0.2) is 0 Å². The molecule has 6 nitrogen and oxygen atoms in total. The lowest BCUT2D eigenvalue weighted by Gasteiger charge is -2.15. The molecule has 1 amide bonds. The second kappa shape index (κ2) is 8.72. The summed E-state index contributed by atoms with van der Waals surface area (Å²) in [5, 5.41) is 11.6. The van der Waals surface area contributed by atoms with Crippen molar-refractivity contribution >= 4 is 50.9 Å². The summed E-state index contributed by atoms with van der Waals surface area (Å²) in [5.41, 5.74) is 0.0409. The molecular formula is C20H17BrCl2F3N5O. The maximum atomic E-state index is 13.3. The van der Waals surface area contributed by atoms with E-state index < -0.39 is 23.8 Å². The average molecular weight is 551 g/mol. The summed E-state index contributed by atoms with van der Waals surface area (Å²) in [6, 6.07) is 5.77. The van der Waals surface area contributed by atoms with E-state index in [1.807, 2.05) is 0 Å². The number of aromatic nitrogens is 4. The van der Waals surface area contributed by atoms with Crippen molar-refractivity contribution in [2.24, 2.45) is 0 Å². The monoisotopic (exact) mass is 549 g/mol. The number of nitrogens with one attached hydrogen (secondary N) is 1. The van der Waals surface area contributed by atoms with Gasteiger partial charge in [-0.1, -0.05) is 29.3 Å². The van der Waals surface area contributed by atoms with Crippen LogP contribution in [0.25, 0.3) is 0 Å². The minimum Gasteiger partial charge on any atom is -0.307 e. The molecule has 2 aromatic heterocycles. The Morgan fingerprint density at radius 3 is 2.50 bits per heavy atom. The highest BCUT2D eigenvalue weighted by atomic mass is 79.9. The van der Waals surface area contributed by atoms with Gasteiger partial charge in [-0.3, -0.25) is 14.2 Å². The highest BCUT2D eigenvalue weighted by molar-refractivity contribution is 9.10. The van der Waals surface area contributed by atoms with E-state index in [0.29, 0.717) is 21.3 Å². The first-order valence-electron chi connectivity index (χ1n) is 9.68. The Morgan fingerprint density at radius 2 is 1.91 bits per heavy atom. The van der Waals surface area contributed by atoms with Gasteiger partial charge in [0.2, 0.25) is 5.91 Å². The fraction of sp³-hybridized carbons (Fsp3) is 0.350. The molecule has 1 N–H and O–H groups in total. The summed E-state index contributed by atoms with van der Waals surface area (Å²) in [4.78, 5) is 12.8. The van der Waals surface area contributed by atoms with Crippen molar-refractivity contribution in [3.05, 3.63) is 61.9 Å². The van der Waals surface area contributed by atoms with Crippen LogP contribution in [0.2, 0.25) is 10.0 Å². The maximum Gasteiger partial charge on any atom is 0.436 e. The van der Waals surface area contributed by atoms with Gasteiger partial charge in [-0.05, 0) is 47.8 Å². The molecule has 1 saturated carbocycles. The first-order valence-corrected chi connectivity index (χ1v) is 11.2. The standard InChI is InChI=1S/C20H17BrCl2F3N5O/c1-10(31-17(11-5-6-11)16(21)18(29-31)20(24,25)26)19(32)27-15-7-8-30(28-15)9-12-13(22)3-2-4-14(12)23/h2-4,7-8,10-11H,5-6,9H2,1H3,(H,27,28,32). The lowest BCUT2D eigenvalue weighted by atomic mass is 10.2. The van der Waals surface area contributed by atoms with Crippen LogP contribution >= 0.6 is 39.1 Å². The Labute approximate surface area is 199 Å². The summed E-state index contributed by atoms with van der Waals surface area (Å²) >= 11 is 15.4. The molecule has 0 bridgehead atoms. The fourth-order valence-corrected chi connectivity index (χ4v) is 4.66. The van der Waals surface area contributed by atoms with Crippen molar-refractivity contribution in [2.75, 3.05) is 5.32 Å². The lowest BCUT2D eigenvalue weighted by molar-refractivity contribution is -0.142. The Bertz CT molecular complexity index is 1150. The fourth-order valence-electron chi connectivity index (χ4n) is 3.33. The van der Waals surface area contributed by atoms with Gasteiger partial charge in [-0.15, -0.1) is 0 Å². The number of halogens is 6. The molecule has 0 radical (unpaired) electrons. The number of nitrogens with zero attached hydrogens (tertiary/aromatic N) is 4. The first-order chi connectivity index (χ1) is 15.1. The van der Waals surface area contributed by atoms with Crippen LogP contribution in [0.4, 0.5) is 19.0 Å². The number of carbonyl (C=O) groups excluding carboxylic acids is 1. The van der Waals surface area contributed by atoms with Crippen molar-refractivity contribution in [3.8, 4) is 0 Å². The molecule has 4 rings (SSSR count). The number of anilines is 1. The highest BCUT2D eigenvalue weighted by Crippen LogP contribution is 2.47. The van der Waals surface area contributed by atoms with E-state index in [2.05, 4.69) is 31.4 Å². The van der Waals surface area contributed by atoms with Crippen molar-refractivity contribution < 1.29 is 18.0 Å². The van der Waals surface area contributed by atoms with Gasteiger partial charge < -0.3 is 5.32 Å². The molecule has 0 saturated heterocycles. The van der Waals surface area contributed by atoms with Crippen molar-refractivity contribution in [3.63, 3.8) is 0 Å². The van der Waals surface area contributed by atoms with E-state index in [1.165, 1.54) is 6.92 Å². The number of hydrogen-bond donors (Lipinski definition) is 1. The molecule has 1 atom stereocenters. The van der Waals surface area contributed by atoms with Gasteiger partial charge >= 0.3 is 6.18 Å². The normalized spacial score (nSPS) is 15.1. The Kier molecular flexibility index (Phi) is 6.30. The molecule has 3 aromatic rings. The number of benzene rings is 1. The molecule has 170 valence electrons. The molecule has 1 fully saturated rings. The van der Waals surface area contributed by atoms with E-state index in [-0.39, 0.29) is 22.8 Å². The van der Waals surface area contributed by atoms with E-state index >= 15 is 0 Å². The molecular weight excluding hydrogens is 534 g/mol. The van der Waals surface area contributed by atoms with Gasteiger partial charge in [-0.2, -0.15) is 23.4 Å². The molecule has 1 aromatic carbocycles. The molecule has 32 heavy (non-hydrogen) atoms. The van der Waals surface area contributed by atoms with E-state index in [0.717, 1.165) is 17.5 Å². The SMILES string of the molecule is CC(C(=O)Nc1ccn(Cc2c(Cl)cccc2Cl)n1)n1nc(C(F)(F)F)c(Br)c1C1CC1. The molecule has 2 heterocycles. The van der Waals surface area contributed by atoms with Crippen LogP contribution in [0.3, 0.4) is 0 Å². The summed E-state index contributed by atoms with van der Waals surface area (Å²) < 4.78 is 42.6. The van der Waals surface area contributed by atoms with E-state index in [9.17, 15) is 18.0 Å². The largest absolute Gasteiger partial charge is 0.436 e. The summed E-state index contributed by atoms with van der Waals surface area (Å²) in [7, 11) is 0. The van der Waals surface area contributed by atoms with E-state index in [1.54, 1.807) is 35.1 Å². The first kappa shape index (κ1) is 23.1. The molecule has 12 heteroatoms. The maximum absolute atomic E-state index is 13.3. The number of carbonyl (C=O) groups is 1. The Morgan fingerprint density at radius 1 is 1.25 bits per heavy atom. The zero-order valence-corrected chi connectivity index (χ0v) is 19.7. The average Bonchev–Trinajstić information content (AvgIpc) is 3.34. The number of hydrogen-bond acceptors (Lipinski definition) is 3. The molecule has 0 spiro atoms. The quantitative estimate of drug-likeness (QED) is 0.392. The topological polar surface area (TPSA) is 64.7 Å². The van der Waals surface area contributed by atoms with Crippen LogP contribution < -0.4 is 5.32 Å². The number of rotatable bonds is 6. The lowest BCUT2D eigenvalue weighted by Crippen LogP contribution is -2.26. The van der Waals surface area contributed by atoms with Gasteiger partial charge in [0.15, 0.2) is 11.5 Å². The minimum absolute atomic E-state index is 0.0530. The Balaban J connectivity index is 1.52. The molecule has 1 unspecified atom stereocenters. The van der Waals surface area contributed by atoms with Crippen LogP contribution in [0, 0.1) is 0 Å². The van der Waals surface area contributed by atoms with Crippen molar-refractivity contribution in [2.45, 2.75) is 44.4 Å². The minimum atomic E-state index is -4.62. The third kappa shape index (κ3) is 4.67. The van der Waals surface area contributed by atoms with Gasteiger partial charge in [0, 0.05) is 33.8 Å². The predicted octanol–water partition coefficient (Wildman–Crippen LogP) is 6.29. The van der Waals surface area contributed by atoms with Crippen molar-refractivity contribution in [1.29, 1.82) is 0 Å². The van der Waals surface area contributed by atoms with Crippen LogP contribution in [0.5, 0.6) is 0 Å². The summed E-state index contributed by atoms with van der Waals surface area (Å²) in [6.07, 6.45) is -1.47. The van der Waals surface area contributed by atoms with Gasteiger partial charge in [0.1, 0.15) is 6.04 Å². The third-order valence-electron chi connectivity index (χ3n) is 5.14. The van der Waals surface area contributed by atoms with Crippen LogP contribution in [-0.2, 0) is 17.5 Å².